The molecular formula is C21H22N2O5. The second-order valence-electron chi connectivity index (χ2n) is 6.70. The van der Waals surface area contributed by atoms with Crippen molar-refractivity contribution >= 4 is 17.5 Å². The predicted octanol–water partition coefficient (Wildman–Crippen LogP) is 3.97. The molecule has 7 heteroatoms. The molecule has 7 nitrogen and oxygen atoms in total. The van der Waals surface area contributed by atoms with Crippen LogP contribution in [0.1, 0.15) is 52.0 Å². The van der Waals surface area contributed by atoms with Crippen LogP contribution in [0.5, 0.6) is 0 Å². The van der Waals surface area contributed by atoms with Gasteiger partial charge in [-0.2, -0.15) is 0 Å². The van der Waals surface area contributed by atoms with E-state index in [9.17, 15) is 19.7 Å². The highest BCUT2D eigenvalue weighted by Crippen LogP contribution is 2.22. The van der Waals surface area contributed by atoms with Crippen molar-refractivity contribution in [1.29, 1.82) is 0 Å². The van der Waals surface area contributed by atoms with E-state index in [0.717, 1.165) is 31.2 Å². The summed E-state index contributed by atoms with van der Waals surface area (Å²) in [6.07, 6.45) is 3.51. The maximum absolute atomic E-state index is 12.3. The number of benzene rings is 2. The van der Waals surface area contributed by atoms with Crippen LogP contribution in [0.25, 0.3) is 0 Å². The van der Waals surface area contributed by atoms with Crippen molar-refractivity contribution in [2.75, 3.05) is 13.2 Å². The topological polar surface area (TPSA) is 89.8 Å². The molecular weight excluding hydrogens is 360 g/mol. The summed E-state index contributed by atoms with van der Waals surface area (Å²) in [5, 5.41) is 10.6. The quantitative estimate of drug-likeness (QED) is 0.268. The molecule has 0 radical (unpaired) electrons. The zero-order valence-electron chi connectivity index (χ0n) is 15.5. The Morgan fingerprint density at radius 2 is 1.46 bits per heavy atom. The number of carbonyl (C=O) groups is 2. The highest BCUT2D eigenvalue weighted by Gasteiger charge is 2.34. The van der Waals surface area contributed by atoms with E-state index in [4.69, 9.17) is 4.74 Å². The first kappa shape index (κ1) is 19.7. The molecule has 0 N–H and O–H groups in total. The summed E-state index contributed by atoms with van der Waals surface area (Å²) in [7, 11) is 0. The maximum atomic E-state index is 12.3. The zero-order valence-corrected chi connectivity index (χ0v) is 15.5. The SMILES string of the molecule is O=C1c2ccccc2C(=O)N1CCCCCCOCc1ccc([N+](=O)[O-])cc1. The summed E-state index contributed by atoms with van der Waals surface area (Å²) in [5.41, 5.74) is 1.96. The van der Waals surface area contributed by atoms with Crippen LogP contribution >= 0.6 is 0 Å². The van der Waals surface area contributed by atoms with Crippen LogP contribution < -0.4 is 0 Å². The summed E-state index contributed by atoms with van der Waals surface area (Å²) in [6, 6.07) is 13.3. The molecule has 0 aromatic heterocycles. The average Bonchev–Trinajstić information content (AvgIpc) is 2.95. The molecule has 0 saturated carbocycles. The summed E-state index contributed by atoms with van der Waals surface area (Å²) in [6.45, 7) is 1.47. The van der Waals surface area contributed by atoms with Crippen LogP contribution in [0.3, 0.4) is 0 Å². The Labute approximate surface area is 163 Å². The number of fused-ring (bicyclic) bond motifs is 1. The van der Waals surface area contributed by atoms with Crippen molar-refractivity contribution in [3.05, 3.63) is 75.3 Å². The second-order valence-corrected chi connectivity index (χ2v) is 6.70. The molecule has 0 aliphatic carbocycles. The van der Waals surface area contributed by atoms with Crippen molar-refractivity contribution in [3.8, 4) is 0 Å². The lowest BCUT2D eigenvalue weighted by Crippen LogP contribution is -2.30. The van der Waals surface area contributed by atoms with E-state index >= 15 is 0 Å². The van der Waals surface area contributed by atoms with Crippen molar-refractivity contribution in [2.24, 2.45) is 0 Å². The zero-order chi connectivity index (χ0) is 19.9. The van der Waals surface area contributed by atoms with E-state index in [-0.39, 0.29) is 17.5 Å². The van der Waals surface area contributed by atoms with E-state index in [0.29, 0.717) is 30.9 Å². The van der Waals surface area contributed by atoms with Crippen molar-refractivity contribution in [2.45, 2.75) is 32.3 Å². The molecule has 3 rings (SSSR count). The average molecular weight is 382 g/mol. The molecule has 0 fully saturated rings. The third-order valence-electron chi connectivity index (χ3n) is 4.71. The van der Waals surface area contributed by atoms with Crippen LogP contribution in [0.2, 0.25) is 0 Å². The molecule has 0 bridgehead atoms. The first-order chi connectivity index (χ1) is 13.6. The lowest BCUT2D eigenvalue weighted by atomic mass is 10.1. The Morgan fingerprint density at radius 3 is 2.07 bits per heavy atom. The second kappa shape index (κ2) is 9.23. The molecule has 0 saturated heterocycles. The Bertz CT molecular complexity index is 828. The Kier molecular flexibility index (Phi) is 6.49. The molecule has 0 spiro atoms. The molecule has 2 amide bonds. The Balaban J connectivity index is 1.28. The smallest absolute Gasteiger partial charge is 0.269 e. The molecule has 2 aromatic carbocycles. The fraction of sp³-hybridized carbons (Fsp3) is 0.333. The number of hydrogen-bond donors (Lipinski definition) is 0. The van der Waals surface area contributed by atoms with Crippen LogP contribution in [0, 0.1) is 10.1 Å². The van der Waals surface area contributed by atoms with Gasteiger partial charge in [0.1, 0.15) is 0 Å². The van der Waals surface area contributed by atoms with Gasteiger partial charge in [-0.25, -0.2) is 0 Å². The minimum absolute atomic E-state index is 0.0711. The van der Waals surface area contributed by atoms with E-state index in [1.54, 1.807) is 36.4 Å². The molecule has 28 heavy (non-hydrogen) atoms. The standard InChI is InChI=1S/C21H22N2O5/c24-20-18-7-3-4-8-19(18)21(25)22(20)13-5-1-2-6-14-28-15-16-9-11-17(12-10-16)23(26)27/h3-4,7-12H,1-2,5-6,13-15H2. The normalized spacial score (nSPS) is 13.1. The monoisotopic (exact) mass is 382 g/mol. The number of hydrogen-bond acceptors (Lipinski definition) is 5. The van der Waals surface area contributed by atoms with Gasteiger partial charge in [0.25, 0.3) is 17.5 Å². The van der Waals surface area contributed by atoms with Gasteiger partial charge in [0.05, 0.1) is 22.7 Å². The highest BCUT2D eigenvalue weighted by molar-refractivity contribution is 6.21. The largest absolute Gasteiger partial charge is 0.377 e. The minimum atomic E-state index is -0.424. The summed E-state index contributed by atoms with van der Waals surface area (Å²) in [4.78, 5) is 36.0. The number of rotatable bonds is 10. The van der Waals surface area contributed by atoms with E-state index in [2.05, 4.69) is 0 Å². The van der Waals surface area contributed by atoms with E-state index in [1.165, 1.54) is 17.0 Å². The van der Waals surface area contributed by atoms with Gasteiger partial charge in [-0.3, -0.25) is 24.6 Å². The van der Waals surface area contributed by atoms with Gasteiger partial charge in [-0.05, 0) is 42.7 Å². The van der Waals surface area contributed by atoms with Gasteiger partial charge >= 0.3 is 0 Å². The third-order valence-corrected chi connectivity index (χ3v) is 4.71. The molecule has 0 atom stereocenters. The Hall–Kier alpha value is -3.06. The van der Waals surface area contributed by atoms with Gasteiger partial charge < -0.3 is 4.74 Å². The fourth-order valence-electron chi connectivity index (χ4n) is 3.17. The molecule has 1 aliphatic heterocycles. The molecule has 0 unspecified atom stereocenters. The number of nitrogens with zero attached hydrogens (tertiary/aromatic N) is 2. The molecule has 146 valence electrons. The number of amides is 2. The van der Waals surface area contributed by atoms with Crippen molar-refractivity contribution < 1.29 is 19.2 Å². The number of unbranched alkanes of at least 4 members (excludes halogenated alkanes) is 3. The predicted molar refractivity (Wildman–Crippen MR) is 103 cm³/mol. The highest BCUT2D eigenvalue weighted by atomic mass is 16.6. The number of nitro groups is 1. The minimum Gasteiger partial charge on any atom is -0.377 e. The van der Waals surface area contributed by atoms with Gasteiger partial charge in [0, 0.05) is 25.3 Å². The van der Waals surface area contributed by atoms with Crippen LogP contribution in [0.15, 0.2) is 48.5 Å². The first-order valence-corrected chi connectivity index (χ1v) is 9.34. The number of imide groups is 1. The van der Waals surface area contributed by atoms with Crippen LogP contribution in [-0.4, -0.2) is 34.8 Å². The number of carbonyl (C=O) groups excluding carboxylic acids is 2. The van der Waals surface area contributed by atoms with Crippen LogP contribution in [-0.2, 0) is 11.3 Å². The number of non-ortho nitro benzene ring substituents is 1. The van der Waals surface area contributed by atoms with Gasteiger partial charge in [-0.15, -0.1) is 0 Å². The van der Waals surface area contributed by atoms with E-state index < -0.39 is 4.92 Å². The number of ether oxygens (including phenoxy) is 1. The lowest BCUT2D eigenvalue weighted by Gasteiger charge is -2.13. The molecule has 2 aromatic rings. The van der Waals surface area contributed by atoms with Crippen LogP contribution in [0.4, 0.5) is 5.69 Å². The summed E-state index contributed by atoms with van der Waals surface area (Å²) < 4.78 is 5.59. The van der Waals surface area contributed by atoms with Crippen molar-refractivity contribution in [1.82, 2.24) is 4.90 Å². The maximum Gasteiger partial charge on any atom is 0.269 e. The lowest BCUT2D eigenvalue weighted by molar-refractivity contribution is -0.384. The summed E-state index contributed by atoms with van der Waals surface area (Å²) in [5.74, 6) is -0.404. The van der Waals surface area contributed by atoms with Gasteiger partial charge in [-0.1, -0.05) is 25.0 Å². The first-order valence-electron chi connectivity index (χ1n) is 9.34. The molecule has 1 heterocycles. The van der Waals surface area contributed by atoms with Gasteiger partial charge in [0.15, 0.2) is 0 Å². The van der Waals surface area contributed by atoms with Gasteiger partial charge in [0.2, 0.25) is 0 Å². The summed E-state index contributed by atoms with van der Waals surface area (Å²) >= 11 is 0. The third kappa shape index (κ3) is 4.61. The molecule has 1 aliphatic rings. The fourth-order valence-corrected chi connectivity index (χ4v) is 3.17. The number of nitro benzene ring substituents is 1. The van der Waals surface area contributed by atoms with E-state index in [1.807, 2.05) is 0 Å². The Morgan fingerprint density at radius 1 is 0.857 bits per heavy atom. The van der Waals surface area contributed by atoms with Crippen molar-refractivity contribution in [3.63, 3.8) is 0 Å².